The van der Waals surface area contributed by atoms with Crippen LogP contribution in [0, 0.1) is 11.8 Å². The first-order valence-electron chi connectivity index (χ1n) is 5.61. The lowest BCUT2D eigenvalue weighted by Crippen LogP contribution is -2.19. The van der Waals surface area contributed by atoms with Crippen LogP contribution in [0.1, 0.15) is 19.3 Å². The first-order chi connectivity index (χ1) is 7.40. The normalized spacial score (nSPS) is 25.4. The number of nitrogens with one attached hydrogen (secondary N) is 1. The number of nitrogens with zero attached hydrogens (tertiary/aromatic N) is 1. The van der Waals surface area contributed by atoms with Crippen LogP contribution < -0.4 is 5.32 Å². The summed E-state index contributed by atoms with van der Waals surface area (Å²) < 4.78 is 0. The van der Waals surface area contributed by atoms with Crippen molar-refractivity contribution in [2.24, 2.45) is 11.8 Å². The first kappa shape index (κ1) is 10.7. The van der Waals surface area contributed by atoms with Gasteiger partial charge in [-0.15, -0.1) is 11.6 Å². The van der Waals surface area contributed by atoms with Crippen LogP contribution in [0.2, 0.25) is 0 Å². The summed E-state index contributed by atoms with van der Waals surface area (Å²) in [7, 11) is 0. The van der Waals surface area contributed by atoms with Gasteiger partial charge in [-0.25, -0.2) is 4.98 Å². The van der Waals surface area contributed by atoms with Gasteiger partial charge in [0.05, 0.1) is 0 Å². The number of rotatable bonds is 4. The maximum Gasteiger partial charge on any atom is 0.125 e. The molecule has 2 rings (SSSR count). The second kappa shape index (κ2) is 5.36. The molecule has 1 aromatic heterocycles. The van der Waals surface area contributed by atoms with Crippen LogP contribution in [0.25, 0.3) is 0 Å². The van der Waals surface area contributed by atoms with Gasteiger partial charge in [0.15, 0.2) is 0 Å². The quantitative estimate of drug-likeness (QED) is 0.795. The molecule has 0 spiro atoms. The molecule has 15 heavy (non-hydrogen) atoms. The molecule has 0 radical (unpaired) electrons. The summed E-state index contributed by atoms with van der Waals surface area (Å²) in [6, 6.07) is 5.94. The van der Waals surface area contributed by atoms with Gasteiger partial charge in [-0.3, -0.25) is 0 Å². The van der Waals surface area contributed by atoms with Crippen molar-refractivity contribution in [3.05, 3.63) is 24.4 Å². The standard InChI is InChI=1S/C12H17ClN2/c13-8-10-4-3-5-11(10)9-15-12-6-1-2-7-14-12/h1-2,6-7,10-11H,3-5,8-9H2,(H,14,15). The van der Waals surface area contributed by atoms with Crippen LogP contribution in [0.5, 0.6) is 0 Å². The fourth-order valence-electron chi connectivity index (χ4n) is 2.29. The Kier molecular flexibility index (Phi) is 3.84. The maximum absolute atomic E-state index is 5.94. The molecule has 0 saturated heterocycles. The Labute approximate surface area is 96.1 Å². The Morgan fingerprint density at radius 1 is 1.33 bits per heavy atom. The highest BCUT2D eigenvalue weighted by atomic mass is 35.5. The predicted molar refractivity (Wildman–Crippen MR) is 64.3 cm³/mol. The number of anilines is 1. The number of pyridine rings is 1. The van der Waals surface area contributed by atoms with Crippen LogP contribution in [0.4, 0.5) is 5.82 Å². The first-order valence-corrected chi connectivity index (χ1v) is 6.14. The van der Waals surface area contributed by atoms with Gasteiger partial charge in [-0.1, -0.05) is 12.5 Å². The molecule has 82 valence electrons. The summed E-state index contributed by atoms with van der Waals surface area (Å²) in [5.74, 6) is 3.19. The zero-order chi connectivity index (χ0) is 10.5. The monoisotopic (exact) mass is 224 g/mol. The molecule has 1 aliphatic carbocycles. The van der Waals surface area contributed by atoms with Crippen LogP contribution in [0.15, 0.2) is 24.4 Å². The maximum atomic E-state index is 5.94. The van der Waals surface area contributed by atoms with Crippen molar-refractivity contribution >= 4 is 17.4 Å². The van der Waals surface area contributed by atoms with Crippen molar-refractivity contribution in [2.75, 3.05) is 17.7 Å². The van der Waals surface area contributed by atoms with Gasteiger partial charge >= 0.3 is 0 Å². The number of aromatic nitrogens is 1. The highest BCUT2D eigenvalue weighted by Crippen LogP contribution is 2.32. The summed E-state index contributed by atoms with van der Waals surface area (Å²) in [6.45, 7) is 1.01. The van der Waals surface area contributed by atoms with Crippen molar-refractivity contribution in [1.82, 2.24) is 4.98 Å². The van der Waals surface area contributed by atoms with E-state index in [0.717, 1.165) is 24.2 Å². The van der Waals surface area contributed by atoms with Gasteiger partial charge < -0.3 is 5.32 Å². The Morgan fingerprint density at radius 3 is 2.93 bits per heavy atom. The zero-order valence-corrected chi connectivity index (χ0v) is 9.58. The molecule has 0 amide bonds. The molecule has 3 heteroatoms. The van der Waals surface area contributed by atoms with Crippen molar-refractivity contribution in [3.63, 3.8) is 0 Å². The van der Waals surface area contributed by atoms with E-state index in [2.05, 4.69) is 10.3 Å². The average molecular weight is 225 g/mol. The van der Waals surface area contributed by atoms with Crippen molar-refractivity contribution < 1.29 is 0 Å². The van der Waals surface area contributed by atoms with Gasteiger partial charge in [0.25, 0.3) is 0 Å². The van der Waals surface area contributed by atoms with E-state index < -0.39 is 0 Å². The molecule has 2 nitrogen and oxygen atoms in total. The molecule has 0 bridgehead atoms. The molecule has 1 fully saturated rings. The average Bonchev–Trinajstić information content (AvgIpc) is 2.75. The number of hydrogen-bond acceptors (Lipinski definition) is 2. The molecular formula is C12H17ClN2. The molecule has 2 unspecified atom stereocenters. The van der Waals surface area contributed by atoms with Gasteiger partial charge in [-0.2, -0.15) is 0 Å². The van der Waals surface area contributed by atoms with Crippen LogP contribution in [0.3, 0.4) is 0 Å². The third kappa shape index (κ3) is 2.85. The Hall–Kier alpha value is -0.760. The van der Waals surface area contributed by atoms with E-state index in [0.29, 0.717) is 5.92 Å². The fraction of sp³-hybridized carbons (Fsp3) is 0.583. The Morgan fingerprint density at radius 2 is 2.20 bits per heavy atom. The summed E-state index contributed by atoms with van der Waals surface area (Å²) in [4.78, 5) is 4.25. The van der Waals surface area contributed by atoms with Gasteiger partial charge in [0.1, 0.15) is 5.82 Å². The summed E-state index contributed by atoms with van der Waals surface area (Å²) >= 11 is 5.94. The van der Waals surface area contributed by atoms with Gasteiger partial charge in [0.2, 0.25) is 0 Å². The summed E-state index contributed by atoms with van der Waals surface area (Å²) in [5, 5.41) is 3.38. The van der Waals surface area contributed by atoms with Gasteiger partial charge in [-0.05, 0) is 36.8 Å². The minimum atomic E-state index is 0.697. The smallest absolute Gasteiger partial charge is 0.125 e. The highest BCUT2D eigenvalue weighted by Gasteiger charge is 2.25. The molecule has 1 heterocycles. The molecular weight excluding hydrogens is 208 g/mol. The number of hydrogen-bond donors (Lipinski definition) is 1. The minimum Gasteiger partial charge on any atom is -0.370 e. The molecule has 0 aliphatic heterocycles. The predicted octanol–water partition coefficient (Wildman–Crippen LogP) is 3.15. The van der Waals surface area contributed by atoms with E-state index in [1.54, 1.807) is 0 Å². The van der Waals surface area contributed by atoms with Crippen LogP contribution >= 0.6 is 11.6 Å². The lowest BCUT2D eigenvalue weighted by Gasteiger charge is -2.17. The van der Waals surface area contributed by atoms with E-state index in [1.807, 2.05) is 24.4 Å². The third-order valence-corrected chi connectivity index (χ3v) is 3.62. The van der Waals surface area contributed by atoms with Crippen molar-refractivity contribution in [1.29, 1.82) is 0 Å². The molecule has 1 N–H and O–H groups in total. The Balaban J connectivity index is 1.83. The highest BCUT2D eigenvalue weighted by molar-refractivity contribution is 6.18. The van der Waals surface area contributed by atoms with Gasteiger partial charge in [0, 0.05) is 18.6 Å². The summed E-state index contributed by atoms with van der Waals surface area (Å²) in [5.41, 5.74) is 0. The van der Waals surface area contributed by atoms with E-state index in [4.69, 9.17) is 11.6 Å². The van der Waals surface area contributed by atoms with E-state index in [1.165, 1.54) is 19.3 Å². The SMILES string of the molecule is ClCC1CCCC1CNc1ccccn1. The topological polar surface area (TPSA) is 24.9 Å². The lowest BCUT2D eigenvalue weighted by atomic mass is 9.98. The Bertz CT molecular complexity index is 289. The zero-order valence-electron chi connectivity index (χ0n) is 8.82. The fourth-order valence-corrected chi connectivity index (χ4v) is 2.69. The second-order valence-corrected chi connectivity index (χ2v) is 4.51. The second-order valence-electron chi connectivity index (χ2n) is 4.20. The number of alkyl halides is 1. The van der Waals surface area contributed by atoms with Crippen molar-refractivity contribution in [2.45, 2.75) is 19.3 Å². The third-order valence-electron chi connectivity index (χ3n) is 3.22. The molecule has 1 aromatic rings. The summed E-state index contributed by atoms with van der Waals surface area (Å²) in [6.07, 6.45) is 5.73. The largest absolute Gasteiger partial charge is 0.370 e. The molecule has 2 atom stereocenters. The molecule has 1 aliphatic rings. The van der Waals surface area contributed by atoms with Crippen LogP contribution in [-0.2, 0) is 0 Å². The van der Waals surface area contributed by atoms with E-state index in [-0.39, 0.29) is 0 Å². The molecule has 0 aromatic carbocycles. The van der Waals surface area contributed by atoms with E-state index >= 15 is 0 Å². The lowest BCUT2D eigenvalue weighted by molar-refractivity contribution is 0.444. The van der Waals surface area contributed by atoms with E-state index in [9.17, 15) is 0 Å². The number of halogens is 1. The minimum absolute atomic E-state index is 0.697. The van der Waals surface area contributed by atoms with Crippen LogP contribution in [-0.4, -0.2) is 17.4 Å². The molecule has 1 saturated carbocycles. The van der Waals surface area contributed by atoms with Crippen molar-refractivity contribution in [3.8, 4) is 0 Å².